The number of nitrogens with two attached hydrogens (primary N) is 1. The molecular weight excluding hydrogens is 369 g/mol. The lowest BCUT2D eigenvalue weighted by Crippen LogP contribution is -2.35. The fourth-order valence-corrected chi connectivity index (χ4v) is 3.94. The molecular formula is C22H20FN5O. The molecule has 0 unspecified atom stereocenters. The van der Waals surface area contributed by atoms with E-state index in [1.807, 2.05) is 18.3 Å². The van der Waals surface area contributed by atoms with Gasteiger partial charge >= 0.3 is 0 Å². The number of rotatable bonds is 3. The summed E-state index contributed by atoms with van der Waals surface area (Å²) < 4.78 is 13.4. The zero-order chi connectivity index (χ0) is 20.0. The lowest BCUT2D eigenvalue weighted by molar-refractivity contribution is 0.241. The fourth-order valence-electron chi connectivity index (χ4n) is 3.94. The number of fused-ring (bicyclic) bond motifs is 2. The van der Waals surface area contributed by atoms with Crippen molar-refractivity contribution in [2.45, 2.75) is 19.5 Å². The molecule has 1 aliphatic rings. The van der Waals surface area contributed by atoms with Crippen molar-refractivity contribution < 1.29 is 4.39 Å². The molecule has 0 saturated heterocycles. The van der Waals surface area contributed by atoms with Crippen molar-refractivity contribution in [3.05, 3.63) is 81.7 Å². The zero-order valence-corrected chi connectivity index (χ0v) is 15.7. The van der Waals surface area contributed by atoms with Gasteiger partial charge < -0.3 is 15.7 Å². The largest absolute Gasteiger partial charge is 0.399 e. The lowest BCUT2D eigenvalue weighted by atomic mass is 10.0. The van der Waals surface area contributed by atoms with Gasteiger partial charge in [-0.3, -0.25) is 9.69 Å². The molecule has 5 rings (SSSR count). The highest BCUT2D eigenvalue weighted by Gasteiger charge is 2.22. The Morgan fingerprint density at radius 3 is 2.83 bits per heavy atom. The zero-order valence-electron chi connectivity index (χ0n) is 15.7. The summed E-state index contributed by atoms with van der Waals surface area (Å²) in [5.41, 5.74) is 10.6. The smallest absolute Gasteiger partial charge is 0.254 e. The number of nitrogens with one attached hydrogen (secondary N) is 2. The second kappa shape index (κ2) is 6.86. The minimum atomic E-state index is -0.253. The van der Waals surface area contributed by atoms with E-state index in [0.717, 1.165) is 39.8 Å². The van der Waals surface area contributed by atoms with Crippen LogP contribution >= 0.6 is 0 Å². The third kappa shape index (κ3) is 3.30. The third-order valence-corrected chi connectivity index (χ3v) is 5.46. The van der Waals surface area contributed by atoms with Crippen LogP contribution in [0.1, 0.15) is 16.8 Å². The number of hydrogen-bond donors (Lipinski definition) is 3. The Morgan fingerprint density at radius 2 is 2.00 bits per heavy atom. The van der Waals surface area contributed by atoms with E-state index in [-0.39, 0.29) is 11.4 Å². The quantitative estimate of drug-likeness (QED) is 0.469. The van der Waals surface area contributed by atoms with Gasteiger partial charge in [-0.05, 0) is 54.4 Å². The standard InChI is InChI=1S/C22H20FN5O/c23-15-3-6-17-14(10-25-19(17)9-15)11-28-8-7-18-20(12-28)26-21(27-22(18)29)13-1-4-16(24)5-2-13/h1-6,9-10,25H,7-8,11-12,24H2,(H,26,27,29). The first-order valence-electron chi connectivity index (χ1n) is 9.53. The number of anilines is 1. The molecule has 1 aliphatic heterocycles. The Balaban J connectivity index is 1.43. The molecule has 29 heavy (non-hydrogen) atoms. The van der Waals surface area contributed by atoms with Crippen molar-refractivity contribution >= 4 is 16.6 Å². The van der Waals surface area contributed by atoms with Crippen molar-refractivity contribution in [1.82, 2.24) is 19.9 Å². The van der Waals surface area contributed by atoms with E-state index in [4.69, 9.17) is 10.7 Å². The summed E-state index contributed by atoms with van der Waals surface area (Å²) in [6.07, 6.45) is 2.57. The van der Waals surface area contributed by atoms with Gasteiger partial charge in [0.25, 0.3) is 5.56 Å². The van der Waals surface area contributed by atoms with Gasteiger partial charge in [-0.15, -0.1) is 0 Å². The Kier molecular flexibility index (Phi) is 4.17. The van der Waals surface area contributed by atoms with Crippen LogP contribution in [0.4, 0.5) is 10.1 Å². The fraction of sp³-hybridized carbons (Fsp3) is 0.182. The monoisotopic (exact) mass is 389 g/mol. The van der Waals surface area contributed by atoms with Crippen molar-refractivity contribution in [2.24, 2.45) is 0 Å². The normalized spacial score (nSPS) is 14.2. The van der Waals surface area contributed by atoms with E-state index in [1.165, 1.54) is 12.1 Å². The van der Waals surface area contributed by atoms with Crippen LogP contribution in [0.2, 0.25) is 0 Å². The first-order valence-corrected chi connectivity index (χ1v) is 9.53. The lowest BCUT2D eigenvalue weighted by Gasteiger charge is -2.27. The van der Waals surface area contributed by atoms with E-state index >= 15 is 0 Å². The van der Waals surface area contributed by atoms with Crippen LogP contribution in [0.3, 0.4) is 0 Å². The van der Waals surface area contributed by atoms with E-state index in [2.05, 4.69) is 14.9 Å². The van der Waals surface area contributed by atoms with E-state index in [1.54, 1.807) is 18.2 Å². The SMILES string of the molecule is Nc1ccc(-c2nc3c(c(=O)[nH]2)CCN(Cc2c[nH]c4cc(F)ccc24)C3)cc1. The highest BCUT2D eigenvalue weighted by molar-refractivity contribution is 5.83. The van der Waals surface area contributed by atoms with Gasteiger partial charge in [0.2, 0.25) is 0 Å². The van der Waals surface area contributed by atoms with Gasteiger partial charge in [-0.2, -0.15) is 0 Å². The number of H-pyrrole nitrogens is 2. The maximum atomic E-state index is 13.4. The number of aromatic nitrogens is 3. The van der Waals surface area contributed by atoms with Crippen molar-refractivity contribution in [2.75, 3.05) is 12.3 Å². The highest BCUT2D eigenvalue weighted by Crippen LogP contribution is 2.24. The van der Waals surface area contributed by atoms with Crippen molar-refractivity contribution in [3.63, 3.8) is 0 Å². The Morgan fingerprint density at radius 1 is 1.17 bits per heavy atom. The van der Waals surface area contributed by atoms with Crippen LogP contribution in [0.5, 0.6) is 0 Å². The molecule has 0 aliphatic carbocycles. The van der Waals surface area contributed by atoms with Gasteiger partial charge in [-0.1, -0.05) is 0 Å². The number of halogens is 1. The molecule has 0 fully saturated rings. The second-order valence-corrected chi connectivity index (χ2v) is 7.43. The molecule has 4 N–H and O–H groups in total. The molecule has 4 aromatic rings. The molecule has 0 spiro atoms. The summed E-state index contributed by atoms with van der Waals surface area (Å²) in [6.45, 7) is 2.07. The highest BCUT2D eigenvalue weighted by atomic mass is 19.1. The van der Waals surface area contributed by atoms with Gasteiger partial charge in [0.15, 0.2) is 0 Å². The summed E-state index contributed by atoms with van der Waals surface area (Å²) in [4.78, 5) is 25.6. The number of nitrogen functional groups attached to an aromatic ring is 1. The molecule has 0 saturated carbocycles. The molecule has 0 bridgehead atoms. The molecule has 0 radical (unpaired) electrons. The topological polar surface area (TPSA) is 90.8 Å². The van der Waals surface area contributed by atoms with Crippen LogP contribution < -0.4 is 11.3 Å². The van der Waals surface area contributed by atoms with Crippen LogP contribution in [0.25, 0.3) is 22.3 Å². The van der Waals surface area contributed by atoms with Crippen molar-refractivity contribution in [1.29, 1.82) is 0 Å². The van der Waals surface area contributed by atoms with E-state index < -0.39 is 0 Å². The number of hydrogen-bond acceptors (Lipinski definition) is 4. The predicted octanol–water partition coefficient (Wildman–Crippen LogP) is 3.20. The van der Waals surface area contributed by atoms with E-state index in [0.29, 0.717) is 31.0 Å². The third-order valence-electron chi connectivity index (χ3n) is 5.46. The van der Waals surface area contributed by atoms with Crippen LogP contribution in [0.15, 0.2) is 53.5 Å². The minimum absolute atomic E-state index is 0.0796. The number of benzene rings is 2. The molecule has 7 heteroatoms. The van der Waals surface area contributed by atoms with Crippen LogP contribution in [-0.2, 0) is 19.5 Å². The number of nitrogens with zero attached hydrogens (tertiary/aromatic N) is 2. The summed E-state index contributed by atoms with van der Waals surface area (Å²) in [7, 11) is 0. The summed E-state index contributed by atoms with van der Waals surface area (Å²) in [6, 6.07) is 12.1. The Hall–Kier alpha value is -3.45. The van der Waals surface area contributed by atoms with Gasteiger partial charge in [0.05, 0.1) is 5.69 Å². The van der Waals surface area contributed by atoms with Crippen LogP contribution in [-0.4, -0.2) is 26.4 Å². The molecule has 2 aromatic heterocycles. The summed E-state index contributed by atoms with van der Waals surface area (Å²) in [5, 5.41) is 1.01. The average Bonchev–Trinajstić information content (AvgIpc) is 3.10. The van der Waals surface area contributed by atoms with E-state index in [9.17, 15) is 9.18 Å². The van der Waals surface area contributed by atoms with Gasteiger partial charge in [0.1, 0.15) is 11.6 Å². The molecule has 0 amide bonds. The Bertz CT molecular complexity index is 1260. The molecule has 3 heterocycles. The van der Waals surface area contributed by atoms with Gasteiger partial charge in [0, 0.05) is 53.5 Å². The molecule has 6 nitrogen and oxygen atoms in total. The first kappa shape index (κ1) is 17.6. The van der Waals surface area contributed by atoms with Crippen LogP contribution in [0, 0.1) is 5.82 Å². The first-order chi connectivity index (χ1) is 14.1. The minimum Gasteiger partial charge on any atom is -0.399 e. The maximum absolute atomic E-state index is 13.4. The number of aromatic amines is 2. The van der Waals surface area contributed by atoms with Gasteiger partial charge in [-0.25, -0.2) is 9.37 Å². The predicted molar refractivity (Wildman–Crippen MR) is 111 cm³/mol. The molecule has 146 valence electrons. The Labute approximate surface area is 166 Å². The summed E-state index contributed by atoms with van der Waals surface area (Å²) in [5.74, 6) is 0.301. The maximum Gasteiger partial charge on any atom is 0.254 e. The molecule has 0 atom stereocenters. The molecule has 2 aromatic carbocycles. The van der Waals surface area contributed by atoms with Crippen molar-refractivity contribution in [3.8, 4) is 11.4 Å². The second-order valence-electron chi connectivity index (χ2n) is 7.43. The average molecular weight is 389 g/mol. The summed E-state index contributed by atoms with van der Waals surface area (Å²) >= 11 is 0.